The normalized spacial score (nSPS) is 13.6. The average molecular weight is 335 g/mol. The largest absolute Gasteiger partial charge is 0.491 e. The molecular formula is C20H33NO3. The third kappa shape index (κ3) is 6.16. The Morgan fingerprint density at radius 3 is 2.50 bits per heavy atom. The topological polar surface area (TPSA) is 47.6 Å². The second kappa shape index (κ2) is 9.67. The first kappa shape index (κ1) is 20.5. The van der Waals surface area contributed by atoms with E-state index in [2.05, 4.69) is 19.2 Å². The lowest BCUT2D eigenvalue weighted by Gasteiger charge is -2.28. The number of amides is 1. The van der Waals surface area contributed by atoms with E-state index in [1.165, 1.54) is 0 Å². The lowest BCUT2D eigenvalue weighted by molar-refractivity contribution is -0.140. The van der Waals surface area contributed by atoms with E-state index < -0.39 is 5.60 Å². The molecule has 1 rings (SSSR count). The van der Waals surface area contributed by atoms with Crippen molar-refractivity contribution in [3.8, 4) is 5.75 Å². The third-order valence-electron chi connectivity index (χ3n) is 3.91. The van der Waals surface area contributed by atoms with Gasteiger partial charge in [0.05, 0.1) is 6.10 Å². The van der Waals surface area contributed by atoms with Crippen molar-refractivity contribution in [3.63, 3.8) is 0 Å². The highest BCUT2D eigenvalue weighted by Gasteiger charge is 2.33. The van der Waals surface area contributed by atoms with E-state index in [1.54, 1.807) is 0 Å². The molecule has 4 nitrogen and oxygen atoms in total. The number of hydrogen-bond acceptors (Lipinski definition) is 3. The van der Waals surface area contributed by atoms with Crippen LogP contribution in [0.2, 0.25) is 0 Å². The zero-order chi connectivity index (χ0) is 18.2. The number of unbranched alkanes of at least 4 members (excludes halogenated alkanes) is 1. The SMILES string of the molecule is CCCCC(C)(OCCC)C(=O)Nc1ccc(OC(C)C)c(C)c1. The Balaban J connectivity index is 2.84. The Kier molecular flexibility index (Phi) is 8.26. The summed E-state index contributed by atoms with van der Waals surface area (Å²) >= 11 is 0. The zero-order valence-electron chi connectivity index (χ0n) is 16.1. The van der Waals surface area contributed by atoms with Gasteiger partial charge in [-0.1, -0.05) is 26.7 Å². The molecule has 0 radical (unpaired) electrons. The van der Waals surface area contributed by atoms with Gasteiger partial charge in [-0.2, -0.15) is 0 Å². The number of carbonyl (C=O) groups excluding carboxylic acids is 1. The molecule has 0 saturated carbocycles. The van der Waals surface area contributed by atoms with Gasteiger partial charge >= 0.3 is 0 Å². The van der Waals surface area contributed by atoms with Crippen LogP contribution in [0.15, 0.2) is 18.2 Å². The van der Waals surface area contributed by atoms with Crippen LogP contribution in [0, 0.1) is 6.92 Å². The Hall–Kier alpha value is -1.55. The van der Waals surface area contributed by atoms with E-state index in [0.29, 0.717) is 6.61 Å². The number of ether oxygens (including phenoxy) is 2. The van der Waals surface area contributed by atoms with Gasteiger partial charge in [0.2, 0.25) is 0 Å². The van der Waals surface area contributed by atoms with Crippen molar-refractivity contribution < 1.29 is 14.3 Å². The summed E-state index contributed by atoms with van der Waals surface area (Å²) in [7, 11) is 0. The van der Waals surface area contributed by atoms with Crippen LogP contribution in [0.3, 0.4) is 0 Å². The fourth-order valence-electron chi connectivity index (χ4n) is 2.47. The Labute approximate surface area is 146 Å². The van der Waals surface area contributed by atoms with Crippen LogP contribution in [0.5, 0.6) is 5.75 Å². The lowest BCUT2D eigenvalue weighted by atomic mass is 9.97. The van der Waals surface area contributed by atoms with Gasteiger partial charge < -0.3 is 14.8 Å². The molecule has 0 fully saturated rings. The van der Waals surface area contributed by atoms with E-state index in [0.717, 1.165) is 42.7 Å². The zero-order valence-corrected chi connectivity index (χ0v) is 16.1. The summed E-state index contributed by atoms with van der Waals surface area (Å²) in [6.07, 6.45) is 3.76. The van der Waals surface area contributed by atoms with E-state index in [4.69, 9.17) is 9.47 Å². The molecule has 0 aromatic heterocycles. The van der Waals surface area contributed by atoms with Crippen molar-refractivity contribution in [2.45, 2.75) is 78.9 Å². The molecule has 0 aliphatic heterocycles. The maximum absolute atomic E-state index is 12.8. The number of benzene rings is 1. The number of rotatable bonds is 10. The molecule has 1 N–H and O–H groups in total. The van der Waals surface area contributed by atoms with Gasteiger partial charge in [0, 0.05) is 12.3 Å². The van der Waals surface area contributed by atoms with Crippen LogP contribution in [0.4, 0.5) is 5.69 Å². The van der Waals surface area contributed by atoms with Crippen molar-refractivity contribution in [3.05, 3.63) is 23.8 Å². The number of aryl methyl sites for hydroxylation is 1. The van der Waals surface area contributed by atoms with Crippen LogP contribution in [0.1, 0.15) is 65.9 Å². The maximum Gasteiger partial charge on any atom is 0.256 e. The first-order valence-corrected chi connectivity index (χ1v) is 9.05. The van der Waals surface area contributed by atoms with Gasteiger partial charge in [0.1, 0.15) is 11.4 Å². The van der Waals surface area contributed by atoms with Gasteiger partial charge in [0.25, 0.3) is 5.91 Å². The molecular weight excluding hydrogens is 302 g/mol. The molecule has 1 unspecified atom stereocenters. The predicted octanol–water partition coefficient (Wildman–Crippen LogP) is 5.10. The average Bonchev–Trinajstić information content (AvgIpc) is 2.53. The molecule has 0 bridgehead atoms. The van der Waals surface area contributed by atoms with E-state index in [9.17, 15) is 4.79 Å². The van der Waals surface area contributed by atoms with Crippen LogP contribution >= 0.6 is 0 Å². The molecule has 1 aromatic rings. The Morgan fingerprint density at radius 1 is 1.25 bits per heavy atom. The minimum Gasteiger partial charge on any atom is -0.491 e. The van der Waals surface area contributed by atoms with Crippen LogP contribution in [0.25, 0.3) is 0 Å². The summed E-state index contributed by atoms with van der Waals surface area (Å²) < 4.78 is 11.6. The summed E-state index contributed by atoms with van der Waals surface area (Å²) in [6, 6.07) is 5.72. The lowest BCUT2D eigenvalue weighted by Crippen LogP contribution is -2.43. The van der Waals surface area contributed by atoms with Gasteiger partial charge in [-0.25, -0.2) is 0 Å². The first-order valence-electron chi connectivity index (χ1n) is 9.05. The molecule has 1 aromatic carbocycles. The minimum atomic E-state index is -0.785. The highest BCUT2D eigenvalue weighted by molar-refractivity contribution is 5.97. The van der Waals surface area contributed by atoms with Crippen molar-refractivity contribution >= 4 is 11.6 Å². The number of hydrogen-bond donors (Lipinski definition) is 1. The first-order chi connectivity index (χ1) is 11.3. The van der Waals surface area contributed by atoms with Crippen molar-refractivity contribution in [2.24, 2.45) is 0 Å². The van der Waals surface area contributed by atoms with Crippen molar-refractivity contribution in [1.29, 1.82) is 0 Å². The van der Waals surface area contributed by atoms with Gasteiger partial charge in [0.15, 0.2) is 0 Å². The standard InChI is InChI=1S/C20H33NO3/c1-7-9-12-20(6,23-13-8-2)19(22)21-17-10-11-18(16(5)14-17)24-15(3)4/h10-11,14-15H,7-9,12-13H2,1-6H3,(H,21,22). The molecule has 4 heteroatoms. The molecule has 136 valence electrons. The van der Waals surface area contributed by atoms with Gasteiger partial charge in [-0.05, 0) is 64.3 Å². The number of nitrogens with one attached hydrogen (secondary N) is 1. The summed E-state index contributed by atoms with van der Waals surface area (Å²) in [4.78, 5) is 12.8. The third-order valence-corrected chi connectivity index (χ3v) is 3.91. The van der Waals surface area contributed by atoms with Crippen molar-refractivity contribution in [2.75, 3.05) is 11.9 Å². The predicted molar refractivity (Wildman–Crippen MR) is 99.7 cm³/mol. The minimum absolute atomic E-state index is 0.0821. The second-order valence-corrected chi connectivity index (χ2v) is 6.78. The van der Waals surface area contributed by atoms with Crippen LogP contribution in [-0.4, -0.2) is 24.2 Å². The maximum atomic E-state index is 12.8. The monoisotopic (exact) mass is 335 g/mol. The molecule has 0 aliphatic rings. The Bertz CT molecular complexity index is 518. The molecule has 24 heavy (non-hydrogen) atoms. The highest BCUT2D eigenvalue weighted by atomic mass is 16.5. The fraction of sp³-hybridized carbons (Fsp3) is 0.650. The quantitative estimate of drug-likeness (QED) is 0.647. The number of anilines is 1. The van der Waals surface area contributed by atoms with Gasteiger partial charge in [-0.15, -0.1) is 0 Å². The Morgan fingerprint density at radius 2 is 1.96 bits per heavy atom. The van der Waals surface area contributed by atoms with E-state index >= 15 is 0 Å². The van der Waals surface area contributed by atoms with Crippen LogP contribution < -0.4 is 10.1 Å². The summed E-state index contributed by atoms with van der Waals surface area (Å²) in [5, 5.41) is 3.00. The molecule has 0 saturated heterocycles. The highest BCUT2D eigenvalue weighted by Crippen LogP contribution is 2.26. The molecule has 1 amide bonds. The summed E-state index contributed by atoms with van der Waals surface area (Å²) in [6.45, 7) is 12.6. The smallest absolute Gasteiger partial charge is 0.256 e. The molecule has 0 spiro atoms. The number of carbonyl (C=O) groups is 1. The van der Waals surface area contributed by atoms with Crippen LogP contribution in [-0.2, 0) is 9.53 Å². The summed E-state index contributed by atoms with van der Waals surface area (Å²) in [5.74, 6) is 0.764. The second-order valence-electron chi connectivity index (χ2n) is 6.78. The molecule has 1 atom stereocenters. The fourth-order valence-corrected chi connectivity index (χ4v) is 2.47. The molecule has 0 heterocycles. The van der Waals surface area contributed by atoms with E-state index in [1.807, 2.05) is 45.9 Å². The van der Waals surface area contributed by atoms with Crippen molar-refractivity contribution in [1.82, 2.24) is 0 Å². The van der Waals surface area contributed by atoms with Gasteiger partial charge in [-0.3, -0.25) is 4.79 Å². The van der Waals surface area contributed by atoms with E-state index in [-0.39, 0.29) is 12.0 Å². The summed E-state index contributed by atoms with van der Waals surface area (Å²) in [5.41, 5.74) is 0.996. The molecule has 0 aliphatic carbocycles.